The number of aryl methyl sites for hydroxylation is 3. The van der Waals surface area contributed by atoms with Crippen LogP contribution in [0.25, 0.3) is 22.3 Å². The Balaban J connectivity index is 1.61. The molecular formula is C39H54O. The van der Waals surface area contributed by atoms with Gasteiger partial charge >= 0.3 is 0 Å². The zero-order valence-corrected chi connectivity index (χ0v) is 26.5. The Bertz CT molecular complexity index is 1190. The first kappa shape index (κ1) is 30.4. The highest BCUT2D eigenvalue weighted by Crippen LogP contribution is 2.39. The van der Waals surface area contributed by atoms with Gasteiger partial charge in [-0.15, -0.1) is 0 Å². The molecule has 1 heteroatoms. The Morgan fingerprint density at radius 3 is 1.68 bits per heavy atom. The molecule has 3 aromatic rings. The van der Waals surface area contributed by atoms with Crippen LogP contribution < -0.4 is 4.74 Å². The summed E-state index contributed by atoms with van der Waals surface area (Å²) >= 11 is 0. The molecule has 0 amide bonds. The van der Waals surface area contributed by atoms with E-state index < -0.39 is 0 Å². The molecule has 0 N–H and O–H groups in total. The highest BCUT2D eigenvalue weighted by Gasteiger charge is 2.26. The van der Waals surface area contributed by atoms with Crippen molar-refractivity contribution in [2.75, 3.05) is 6.61 Å². The summed E-state index contributed by atoms with van der Waals surface area (Å²) < 4.78 is 6.66. The lowest BCUT2D eigenvalue weighted by molar-refractivity contribution is 0.126. The average Bonchev–Trinajstić information content (AvgIpc) is 3.01. The monoisotopic (exact) mass is 538 g/mol. The van der Waals surface area contributed by atoms with Crippen molar-refractivity contribution >= 4 is 0 Å². The number of benzene rings is 3. The molecule has 0 aromatic heterocycles. The van der Waals surface area contributed by atoms with Crippen LogP contribution in [0.5, 0.6) is 5.75 Å². The molecule has 0 spiro atoms. The van der Waals surface area contributed by atoms with Crippen LogP contribution in [0.2, 0.25) is 0 Å². The van der Waals surface area contributed by atoms with Crippen LogP contribution in [0.4, 0.5) is 0 Å². The maximum absolute atomic E-state index is 6.66. The Hall–Kier alpha value is -2.54. The summed E-state index contributed by atoms with van der Waals surface area (Å²) in [5.41, 5.74) is 11.2. The van der Waals surface area contributed by atoms with E-state index in [2.05, 4.69) is 103 Å². The highest BCUT2D eigenvalue weighted by atomic mass is 16.5. The largest absolute Gasteiger partial charge is 0.492 e. The van der Waals surface area contributed by atoms with Gasteiger partial charge in [0.25, 0.3) is 0 Å². The van der Waals surface area contributed by atoms with Crippen molar-refractivity contribution < 1.29 is 4.74 Å². The zero-order chi connectivity index (χ0) is 28.7. The highest BCUT2D eigenvalue weighted by molar-refractivity contribution is 5.75. The van der Waals surface area contributed by atoms with E-state index in [-0.39, 0.29) is 5.41 Å². The van der Waals surface area contributed by atoms with Crippen LogP contribution in [0.1, 0.15) is 122 Å². The molecular weight excluding hydrogens is 484 g/mol. The molecule has 1 fully saturated rings. The summed E-state index contributed by atoms with van der Waals surface area (Å²) in [6.07, 6.45) is 11.9. The SMILES string of the molecule is CCc1cc(-c2cc(CC)c(OCC(CC)(CC)CC)c(CC)c2)ccc1-c1ccc(C2CCC(C)CC2)cc1. The standard InChI is InChI=1S/C39H54O/c1-8-29-24-35(22-23-37(29)34-20-18-33(19-21-34)32-16-14-28(7)15-17-32)36-25-30(9-2)38(31(10-3)26-36)40-27-39(11-4,12-5)13-6/h18-26,28,32H,8-17,27H2,1-7H3. The molecule has 40 heavy (non-hydrogen) atoms. The van der Waals surface area contributed by atoms with Crippen molar-refractivity contribution in [1.29, 1.82) is 0 Å². The van der Waals surface area contributed by atoms with E-state index in [1.165, 1.54) is 70.2 Å². The number of rotatable bonds is 12. The van der Waals surface area contributed by atoms with Crippen LogP contribution in [0.15, 0.2) is 54.6 Å². The van der Waals surface area contributed by atoms with Gasteiger partial charge in [-0.05, 0) is 120 Å². The molecule has 3 aromatic carbocycles. The van der Waals surface area contributed by atoms with Crippen LogP contribution in [0.3, 0.4) is 0 Å². The predicted octanol–water partition coefficient (Wildman–Crippen LogP) is 11.6. The molecule has 0 bridgehead atoms. The Labute approximate surface area is 245 Å². The van der Waals surface area contributed by atoms with E-state index in [0.29, 0.717) is 0 Å². The summed E-state index contributed by atoms with van der Waals surface area (Å²) in [6, 6.07) is 21.4. The normalized spacial score (nSPS) is 17.7. The quantitative estimate of drug-likeness (QED) is 0.223. The third-order valence-corrected chi connectivity index (χ3v) is 10.3. The Kier molecular flexibility index (Phi) is 10.6. The first-order valence-corrected chi connectivity index (χ1v) is 16.4. The fraction of sp³-hybridized carbons (Fsp3) is 0.538. The summed E-state index contributed by atoms with van der Waals surface area (Å²) in [6.45, 7) is 16.9. The van der Waals surface area contributed by atoms with Gasteiger partial charge in [0.05, 0.1) is 6.61 Å². The van der Waals surface area contributed by atoms with E-state index in [0.717, 1.165) is 62.7 Å². The van der Waals surface area contributed by atoms with Crippen molar-refractivity contribution in [2.45, 2.75) is 119 Å². The summed E-state index contributed by atoms with van der Waals surface area (Å²) in [5, 5.41) is 0. The molecule has 4 rings (SSSR count). The van der Waals surface area contributed by atoms with Gasteiger partial charge in [-0.2, -0.15) is 0 Å². The Morgan fingerprint density at radius 1 is 0.625 bits per heavy atom. The van der Waals surface area contributed by atoms with Gasteiger partial charge in [0.1, 0.15) is 5.75 Å². The molecule has 1 aliphatic carbocycles. The minimum atomic E-state index is 0.272. The minimum absolute atomic E-state index is 0.272. The second-order valence-corrected chi connectivity index (χ2v) is 12.5. The molecule has 1 nitrogen and oxygen atoms in total. The molecule has 0 saturated heterocycles. The van der Waals surface area contributed by atoms with Gasteiger partial charge < -0.3 is 4.74 Å². The van der Waals surface area contributed by atoms with Gasteiger partial charge in [-0.3, -0.25) is 0 Å². The summed E-state index contributed by atoms with van der Waals surface area (Å²) in [4.78, 5) is 0. The topological polar surface area (TPSA) is 9.23 Å². The molecule has 0 atom stereocenters. The zero-order valence-electron chi connectivity index (χ0n) is 26.5. The van der Waals surface area contributed by atoms with Crippen LogP contribution in [-0.4, -0.2) is 6.61 Å². The third kappa shape index (κ3) is 6.67. The lowest BCUT2D eigenvalue weighted by Crippen LogP contribution is -2.27. The lowest BCUT2D eigenvalue weighted by atomic mass is 9.79. The van der Waals surface area contributed by atoms with E-state index in [4.69, 9.17) is 4.74 Å². The van der Waals surface area contributed by atoms with Gasteiger partial charge in [0, 0.05) is 5.41 Å². The maximum atomic E-state index is 6.66. The van der Waals surface area contributed by atoms with Crippen molar-refractivity contribution in [1.82, 2.24) is 0 Å². The molecule has 1 aliphatic rings. The fourth-order valence-electron chi connectivity index (χ4n) is 6.79. The van der Waals surface area contributed by atoms with Gasteiger partial charge in [-0.25, -0.2) is 0 Å². The van der Waals surface area contributed by atoms with Gasteiger partial charge in [0.15, 0.2) is 0 Å². The maximum Gasteiger partial charge on any atom is 0.125 e. The second-order valence-electron chi connectivity index (χ2n) is 12.5. The number of ether oxygens (including phenoxy) is 1. The summed E-state index contributed by atoms with van der Waals surface area (Å²) in [7, 11) is 0. The van der Waals surface area contributed by atoms with Crippen molar-refractivity contribution in [3.63, 3.8) is 0 Å². The minimum Gasteiger partial charge on any atom is -0.492 e. The Morgan fingerprint density at radius 2 is 1.15 bits per heavy atom. The lowest BCUT2D eigenvalue weighted by Gasteiger charge is -2.31. The second kappa shape index (κ2) is 13.9. The van der Waals surface area contributed by atoms with Crippen LogP contribution in [0, 0.1) is 11.3 Å². The van der Waals surface area contributed by atoms with Crippen LogP contribution in [-0.2, 0) is 19.3 Å². The van der Waals surface area contributed by atoms with Gasteiger partial charge in [-0.1, -0.05) is 104 Å². The smallest absolute Gasteiger partial charge is 0.125 e. The van der Waals surface area contributed by atoms with Crippen molar-refractivity contribution in [3.05, 3.63) is 76.9 Å². The molecule has 0 aliphatic heterocycles. The van der Waals surface area contributed by atoms with E-state index in [1.807, 2.05) is 0 Å². The van der Waals surface area contributed by atoms with E-state index in [1.54, 1.807) is 0 Å². The first-order valence-electron chi connectivity index (χ1n) is 16.4. The van der Waals surface area contributed by atoms with Crippen molar-refractivity contribution in [2.24, 2.45) is 11.3 Å². The fourth-order valence-corrected chi connectivity index (χ4v) is 6.79. The molecule has 0 radical (unpaired) electrons. The molecule has 216 valence electrons. The predicted molar refractivity (Wildman–Crippen MR) is 175 cm³/mol. The third-order valence-electron chi connectivity index (χ3n) is 10.3. The van der Waals surface area contributed by atoms with Gasteiger partial charge in [0.2, 0.25) is 0 Å². The van der Waals surface area contributed by atoms with Crippen molar-refractivity contribution in [3.8, 4) is 28.0 Å². The molecule has 0 unspecified atom stereocenters. The molecule has 1 saturated carbocycles. The summed E-state index contributed by atoms with van der Waals surface area (Å²) in [5.74, 6) is 2.77. The van der Waals surface area contributed by atoms with E-state index >= 15 is 0 Å². The van der Waals surface area contributed by atoms with E-state index in [9.17, 15) is 0 Å². The average molecular weight is 539 g/mol. The molecule has 0 heterocycles. The first-order chi connectivity index (χ1) is 19.4. The van der Waals surface area contributed by atoms with Crippen LogP contribution >= 0.6 is 0 Å². The number of hydrogen-bond donors (Lipinski definition) is 0. The number of hydrogen-bond acceptors (Lipinski definition) is 1.